The fraction of sp³-hybridized carbons (Fsp3) is 0.308. The first-order valence-corrected chi connectivity index (χ1v) is 5.84. The van der Waals surface area contributed by atoms with Gasteiger partial charge in [-0.15, -0.1) is 0 Å². The Morgan fingerprint density at radius 1 is 0.833 bits per heavy atom. The van der Waals surface area contributed by atoms with E-state index in [1.165, 1.54) is 0 Å². The van der Waals surface area contributed by atoms with Gasteiger partial charge in [0.25, 0.3) is 11.8 Å². The summed E-state index contributed by atoms with van der Waals surface area (Å²) in [6.07, 6.45) is -0.336. The first-order valence-electron chi connectivity index (χ1n) is 5.84. The summed E-state index contributed by atoms with van der Waals surface area (Å²) in [6.45, 7) is 1.09. The summed E-state index contributed by atoms with van der Waals surface area (Å²) in [5, 5.41) is 2.85. The summed E-state index contributed by atoms with van der Waals surface area (Å²) >= 11 is 0. The van der Waals surface area contributed by atoms with Gasteiger partial charge in [-0.3, -0.25) is 14.4 Å². The van der Waals surface area contributed by atoms with Gasteiger partial charge in [0, 0.05) is 13.1 Å². The Labute approximate surface area is 104 Å². The van der Waals surface area contributed by atoms with Crippen LogP contribution in [0, 0.1) is 0 Å². The zero-order valence-corrected chi connectivity index (χ0v) is 9.76. The first-order chi connectivity index (χ1) is 8.65. The molecule has 0 unspecified atom stereocenters. The Balaban J connectivity index is 1.84. The van der Waals surface area contributed by atoms with Gasteiger partial charge in [-0.1, -0.05) is 24.3 Å². The molecule has 1 fully saturated rings. The van der Waals surface area contributed by atoms with Gasteiger partial charge < -0.3 is 0 Å². The van der Waals surface area contributed by atoms with E-state index in [0.29, 0.717) is 13.1 Å². The standard InChI is InChI=1S/C13H12N2O3/c16-11-5-12(17)15(13(18)6-11)14-7-9-3-1-2-4-10(9)8-14/h1-4H,5-8H2. The number of carbonyl (C=O) groups excluding carboxylic acids is 3. The predicted molar refractivity (Wildman–Crippen MR) is 61.8 cm³/mol. The molecule has 0 aromatic heterocycles. The predicted octanol–water partition coefficient (Wildman–Crippen LogP) is 0.635. The van der Waals surface area contributed by atoms with E-state index in [0.717, 1.165) is 16.1 Å². The van der Waals surface area contributed by atoms with Crippen molar-refractivity contribution >= 4 is 17.6 Å². The van der Waals surface area contributed by atoms with E-state index < -0.39 is 11.8 Å². The molecular formula is C13H12N2O3. The second-order valence-corrected chi connectivity index (χ2v) is 4.58. The van der Waals surface area contributed by atoms with Crippen LogP contribution in [0.2, 0.25) is 0 Å². The van der Waals surface area contributed by atoms with E-state index in [1.54, 1.807) is 5.01 Å². The number of amides is 2. The Morgan fingerprint density at radius 3 is 1.83 bits per heavy atom. The van der Waals surface area contributed by atoms with Crippen LogP contribution in [0.25, 0.3) is 0 Å². The molecule has 92 valence electrons. The Morgan fingerprint density at radius 2 is 1.33 bits per heavy atom. The minimum Gasteiger partial charge on any atom is -0.299 e. The molecule has 0 saturated carbocycles. The van der Waals surface area contributed by atoms with Crippen LogP contribution in [0.1, 0.15) is 24.0 Å². The smallest absolute Gasteiger partial charge is 0.251 e. The number of hydrogen-bond donors (Lipinski definition) is 0. The van der Waals surface area contributed by atoms with Crippen LogP contribution in [-0.4, -0.2) is 27.6 Å². The van der Waals surface area contributed by atoms with Gasteiger partial charge in [-0.2, -0.15) is 0 Å². The molecule has 2 aliphatic rings. The molecule has 1 saturated heterocycles. The van der Waals surface area contributed by atoms with E-state index in [9.17, 15) is 14.4 Å². The van der Waals surface area contributed by atoms with Gasteiger partial charge >= 0.3 is 0 Å². The Bertz CT molecular complexity index is 508. The number of fused-ring (bicyclic) bond motifs is 1. The van der Waals surface area contributed by atoms with Crippen molar-refractivity contribution in [3.63, 3.8) is 0 Å². The maximum atomic E-state index is 11.8. The summed E-state index contributed by atoms with van der Waals surface area (Å²) in [5.74, 6) is -1.12. The number of imide groups is 1. The molecule has 0 spiro atoms. The minimum atomic E-state index is -0.413. The third kappa shape index (κ3) is 1.73. The topological polar surface area (TPSA) is 57.7 Å². The molecule has 0 bridgehead atoms. The van der Waals surface area contributed by atoms with Crippen molar-refractivity contribution in [2.75, 3.05) is 0 Å². The normalized spacial score (nSPS) is 20.4. The van der Waals surface area contributed by atoms with Crippen LogP contribution in [-0.2, 0) is 27.5 Å². The maximum Gasteiger partial charge on any atom is 0.251 e. The zero-order chi connectivity index (χ0) is 12.7. The molecule has 2 heterocycles. The number of rotatable bonds is 1. The third-order valence-corrected chi connectivity index (χ3v) is 3.28. The summed E-state index contributed by atoms with van der Waals surface area (Å²) in [5.41, 5.74) is 2.24. The number of piperidine rings is 1. The first kappa shape index (κ1) is 11.1. The molecule has 0 N–H and O–H groups in total. The molecule has 0 atom stereocenters. The number of ketones is 1. The van der Waals surface area contributed by atoms with Crippen molar-refractivity contribution < 1.29 is 14.4 Å². The summed E-state index contributed by atoms with van der Waals surface area (Å²) in [6, 6.07) is 7.84. The second-order valence-electron chi connectivity index (χ2n) is 4.58. The number of nitrogens with zero attached hydrogens (tertiary/aromatic N) is 2. The van der Waals surface area contributed by atoms with E-state index in [1.807, 2.05) is 24.3 Å². The second kappa shape index (κ2) is 4.03. The maximum absolute atomic E-state index is 11.8. The van der Waals surface area contributed by atoms with E-state index in [2.05, 4.69) is 0 Å². The zero-order valence-electron chi connectivity index (χ0n) is 9.76. The number of hydrazine groups is 1. The highest BCUT2D eigenvalue weighted by Crippen LogP contribution is 2.26. The van der Waals surface area contributed by atoms with Crippen LogP contribution >= 0.6 is 0 Å². The van der Waals surface area contributed by atoms with Crippen LogP contribution in [0.4, 0.5) is 0 Å². The highest BCUT2D eigenvalue weighted by molar-refractivity contribution is 6.15. The quantitative estimate of drug-likeness (QED) is 0.537. The Kier molecular flexibility index (Phi) is 2.48. The lowest BCUT2D eigenvalue weighted by Gasteiger charge is -2.31. The number of benzene rings is 1. The van der Waals surface area contributed by atoms with Gasteiger partial charge in [-0.25, -0.2) is 10.0 Å². The molecule has 0 radical (unpaired) electrons. The molecule has 2 amide bonds. The van der Waals surface area contributed by atoms with Crippen LogP contribution < -0.4 is 0 Å². The van der Waals surface area contributed by atoms with Gasteiger partial charge in [0.15, 0.2) is 5.78 Å². The van der Waals surface area contributed by atoms with E-state index >= 15 is 0 Å². The molecule has 1 aromatic rings. The highest BCUT2D eigenvalue weighted by Gasteiger charge is 2.37. The van der Waals surface area contributed by atoms with Gasteiger partial charge in [-0.05, 0) is 11.1 Å². The minimum absolute atomic E-state index is 0.168. The SMILES string of the molecule is O=C1CC(=O)N(N2Cc3ccccc3C2)C(=O)C1. The third-order valence-electron chi connectivity index (χ3n) is 3.28. The van der Waals surface area contributed by atoms with E-state index in [4.69, 9.17) is 0 Å². The monoisotopic (exact) mass is 244 g/mol. The largest absolute Gasteiger partial charge is 0.299 e. The lowest BCUT2D eigenvalue weighted by Crippen LogP contribution is -2.51. The fourth-order valence-corrected chi connectivity index (χ4v) is 2.46. The number of carbonyl (C=O) groups is 3. The van der Waals surface area contributed by atoms with Crippen LogP contribution in [0.5, 0.6) is 0 Å². The summed E-state index contributed by atoms with van der Waals surface area (Å²) in [4.78, 5) is 34.8. The van der Waals surface area contributed by atoms with Crippen LogP contribution in [0.3, 0.4) is 0 Å². The lowest BCUT2D eigenvalue weighted by atomic mass is 10.1. The van der Waals surface area contributed by atoms with Crippen molar-refractivity contribution in [1.29, 1.82) is 0 Å². The molecule has 2 aliphatic heterocycles. The van der Waals surface area contributed by atoms with Gasteiger partial charge in [0.1, 0.15) is 0 Å². The average Bonchev–Trinajstić information content (AvgIpc) is 2.70. The summed E-state index contributed by atoms with van der Waals surface area (Å²) < 4.78 is 0. The van der Waals surface area contributed by atoms with Gasteiger partial charge in [0.05, 0.1) is 12.8 Å². The molecule has 1 aromatic carbocycles. The van der Waals surface area contributed by atoms with Crippen molar-refractivity contribution in [1.82, 2.24) is 10.0 Å². The highest BCUT2D eigenvalue weighted by atomic mass is 16.2. The summed E-state index contributed by atoms with van der Waals surface area (Å²) in [7, 11) is 0. The number of Topliss-reactive ketones (excluding diaryl/α,β-unsaturated/α-hetero) is 1. The molecule has 5 nitrogen and oxygen atoms in total. The van der Waals surface area contributed by atoms with Crippen molar-refractivity contribution in [2.45, 2.75) is 25.9 Å². The molecule has 3 rings (SSSR count). The van der Waals surface area contributed by atoms with Crippen LogP contribution in [0.15, 0.2) is 24.3 Å². The fourth-order valence-electron chi connectivity index (χ4n) is 2.46. The molecule has 0 aliphatic carbocycles. The van der Waals surface area contributed by atoms with Gasteiger partial charge in [0.2, 0.25) is 0 Å². The molecule has 18 heavy (non-hydrogen) atoms. The molecular weight excluding hydrogens is 232 g/mol. The van der Waals surface area contributed by atoms with Crippen molar-refractivity contribution in [3.05, 3.63) is 35.4 Å². The van der Waals surface area contributed by atoms with Crippen molar-refractivity contribution in [3.8, 4) is 0 Å². The Hall–Kier alpha value is -2.01. The lowest BCUT2D eigenvalue weighted by molar-refractivity contribution is -0.170. The van der Waals surface area contributed by atoms with Crippen molar-refractivity contribution in [2.24, 2.45) is 0 Å². The average molecular weight is 244 g/mol. The van der Waals surface area contributed by atoms with E-state index in [-0.39, 0.29) is 18.6 Å². The molecule has 5 heteroatoms. The number of hydrogen-bond acceptors (Lipinski definition) is 4.